The highest BCUT2D eigenvalue weighted by Gasteiger charge is 2.13. The van der Waals surface area contributed by atoms with Crippen molar-refractivity contribution in [2.45, 2.75) is 32.7 Å². The minimum absolute atomic E-state index is 0.0942. The maximum absolute atomic E-state index is 12.1. The number of urea groups is 1. The van der Waals surface area contributed by atoms with Gasteiger partial charge in [-0.05, 0) is 35.2 Å². The second-order valence-corrected chi connectivity index (χ2v) is 7.37. The zero-order chi connectivity index (χ0) is 19.3. The minimum atomic E-state index is -0.224. The van der Waals surface area contributed by atoms with Gasteiger partial charge in [-0.25, -0.2) is 9.78 Å². The number of amides is 2. The molecule has 0 atom stereocenters. The van der Waals surface area contributed by atoms with Crippen LogP contribution in [0.15, 0.2) is 61.1 Å². The number of anilines is 1. The zero-order valence-corrected chi connectivity index (χ0v) is 15.9. The average molecular weight is 363 g/mol. The number of nitrogens with zero attached hydrogens (tertiary/aromatic N) is 3. The second kappa shape index (κ2) is 8.03. The van der Waals surface area contributed by atoms with Crippen LogP contribution in [0.4, 0.5) is 10.5 Å². The molecular weight excluding hydrogens is 338 g/mol. The molecule has 2 aromatic heterocycles. The topological polar surface area (TPSA) is 71.8 Å². The SMILES string of the molecule is CC(C)(C)c1ccc(NC(=O)NCCn2ccnc2-c2ccccn2)cc1. The van der Waals surface area contributed by atoms with E-state index < -0.39 is 0 Å². The molecule has 1 aromatic carbocycles. The van der Waals surface area contributed by atoms with E-state index in [9.17, 15) is 4.79 Å². The monoisotopic (exact) mass is 363 g/mol. The van der Waals surface area contributed by atoms with E-state index in [2.05, 4.69) is 41.4 Å². The third-order valence-electron chi connectivity index (χ3n) is 4.26. The highest BCUT2D eigenvalue weighted by molar-refractivity contribution is 5.89. The van der Waals surface area contributed by atoms with Gasteiger partial charge in [0.1, 0.15) is 5.69 Å². The predicted octanol–water partition coefficient (Wildman–Crippen LogP) is 4.06. The van der Waals surface area contributed by atoms with Crippen LogP contribution < -0.4 is 10.6 Å². The van der Waals surface area contributed by atoms with Gasteiger partial charge >= 0.3 is 6.03 Å². The lowest BCUT2D eigenvalue weighted by Gasteiger charge is -2.19. The largest absolute Gasteiger partial charge is 0.336 e. The molecule has 0 fully saturated rings. The van der Waals surface area contributed by atoms with Crippen LogP contribution in [0.1, 0.15) is 26.3 Å². The van der Waals surface area contributed by atoms with E-state index >= 15 is 0 Å². The van der Waals surface area contributed by atoms with Crippen LogP contribution in [0.5, 0.6) is 0 Å². The number of aromatic nitrogens is 3. The summed E-state index contributed by atoms with van der Waals surface area (Å²) in [5.41, 5.74) is 2.91. The molecule has 0 aliphatic carbocycles. The maximum Gasteiger partial charge on any atom is 0.319 e. The molecule has 2 heterocycles. The minimum Gasteiger partial charge on any atom is -0.336 e. The molecule has 0 unspecified atom stereocenters. The molecular formula is C21H25N5O. The summed E-state index contributed by atoms with van der Waals surface area (Å²) in [6, 6.07) is 13.4. The molecule has 2 amide bonds. The fraction of sp³-hybridized carbons (Fsp3) is 0.286. The number of benzene rings is 1. The fourth-order valence-corrected chi connectivity index (χ4v) is 2.74. The molecule has 3 rings (SSSR count). The maximum atomic E-state index is 12.1. The van der Waals surface area contributed by atoms with Crippen LogP contribution >= 0.6 is 0 Å². The molecule has 0 aliphatic rings. The van der Waals surface area contributed by atoms with Gasteiger partial charge in [0.2, 0.25) is 0 Å². The Morgan fingerprint density at radius 3 is 2.48 bits per heavy atom. The lowest BCUT2D eigenvalue weighted by molar-refractivity contribution is 0.251. The Morgan fingerprint density at radius 2 is 1.81 bits per heavy atom. The molecule has 0 saturated heterocycles. The molecule has 0 radical (unpaired) electrons. The molecule has 2 N–H and O–H groups in total. The number of nitrogens with one attached hydrogen (secondary N) is 2. The number of pyridine rings is 1. The van der Waals surface area contributed by atoms with Crippen LogP contribution in [0.3, 0.4) is 0 Å². The first-order chi connectivity index (χ1) is 12.9. The summed E-state index contributed by atoms with van der Waals surface area (Å²) in [6.07, 6.45) is 5.36. The number of carbonyl (C=O) groups is 1. The van der Waals surface area contributed by atoms with Gasteiger partial charge in [-0.3, -0.25) is 4.98 Å². The fourth-order valence-electron chi connectivity index (χ4n) is 2.74. The number of rotatable bonds is 5. The summed E-state index contributed by atoms with van der Waals surface area (Å²) in [5.74, 6) is 0.788. The van der Waals surface area contributed by atoms with Gasteiger partial charge in [-0.15, -0.1) is 0 Å². The zero-order valence-electron chi connectivity index (χ0n) is 15.9. The standard InChI is InChI=1S/C21H25N5O/c1-21(2,3)16-7-9-17(10-8-16)25-20(27)24-13-15-26-14-12-23-19(26)18-6-4-5-11-22-18/h4-12,14H,13,15H2,1-3H3,(H2,24,25,27). The average Bonchev–Trinajstić information content (AvgIpc) is 3.11. The van der Waals surface area contributed by atoms with E-state index in [1.807, 2.05) is 53.2 Å². The summed E-state index contributed by atoms with van der Waals surface area (Å²) in [4.78, 5) is 20.8. The molecule has 6 nitrogen and oxygen atoms in total. The van der Waals surface area contributed by atoms with Crippen molar-refractivity contribution in [3.63, 3.8) is 0 Å². The molecule has 0 saturated carbocycles. The Morgan fingerprint density at radius 1 is 1.04 bits per heavy atom. The molecule has 140 valence electrons. The van der Waals surface area contributed by atoms with Crippen LogP contribution in [0.2, 0.25) is 0 Å². The third kappa shape index (κ3) is 4.94. The van der Waals surface area contributed by atoms with Gasteiger partial charge < -0.3 is 15.2 Å². The van der Waals surface area contributed by atoms with Crippen molar-refractivity contribution >= 4 is 11.7 Å². The lowest BCUT2D eigenvalue weighted by atomic mass is 9.87. The molecule has 27 heavy (non-hydrogen) atoms. The Kier molecular flexibility index (Phi) is 5.54. The first-order valence-electron chi connectivity index (χ1n) is 9.01. The molecule has 0 bridgehead atoms. The highest BCUT2D eigenvalue weighted by Crippen LogP contribution is 2.23. The summed E-state index contributed by atoms with van der Waals surface area (Å²) >= 11 is 0. The smallest absolute Gasteiger partial charge is 0.319 e. The summed E-state index contributed by atoms with van der Waals surface area (Å²) in [7, 11) is 0. The van der Waals surface area contributed by atoms with E-state index in [4.69, 9.17) is 0 Å². The molecule has 6 heteroatoms. The van der Waals surface area contributed by atoms with Gasteiger partial charge in [0.15, 0.2) is 5.82 Å². The van der Waals surface area contributed by atoms with E-state index in [1.54, 1.807) is 12.4 Å². The van der Waals surface area contributed by atoms with Gasteiger partial charge in [0.25, 0.3) is 0 Å². The summed E-state index contributed by atoms with van der Waals surface area (Å²) in [6.45, 7) is 7.59. The van der Waals surface area contributed by atoms with Crippen LogP contribution in [-0.2, 0) is 12.0 Å². The van der Waals surface area contributed by atoms with E-state index in [0.29, 0.717) is 13.1 Å². The number of imidazole rings is 1. The quantitative estimate of drug-likeness (QED) is 0.718. The first-order valence-corrected chi connectivity index (χ1v) is 9.01. The van der Waals surface area contributed by atoms with Gasteiger partial charge in [-0.2, -0.15) is 0 Å². The number of hydrogen-bond acceptors (Lipinski definition) is 3. The van der Waals surface area contributed by atoms with Crippen molar-refractivity contribution in [2.24, 2.45) is 0 Å². The van der Waals surface area contributed by atoms with Crippen molar-refractivity contribution in [1.29, 1.82) is 0 Å². The van der Waals surface area contributed by atoms with Crippen molar-refractivity contribution in [2.75, 3.05) is 11.9 Å². The van der Waals surface area contributed by atoms with Crippen molar-refractivity contribution < 1.29 is 4.79 Å². The number of carbonyl (C=O) groups excluding carboxylic acids is 1. The van der Waals surface area contributed by atoms with Gasteiger partial charge in [-0.1, -0.05) is 39.0 Å². The van der Waals surface area contributed by atoms with Crippen LogP contribution in [0.25, 0.3) is 11.5 Å². The Hall–Kier alpha value is -3.15. The molecule has 0 aliphatic heterocycles. The van der Waals surface area contributed by atoms with Gasteiger partial charge in [0.05, 0.1) is 0 Å². The Balaban J connectivity index is 1.51. The van der Waals surface area contributed by atoms with Crippen molar-refractivity contribution in [1.82, 2.24) is 19.9 Å². The molecule has 3 aromatic rings. The van der Waals surface area contributed by atoms with Crippen LogP contribution in [0, 0.1) is 0 Å². The van der Waals surface area contributed by atoms with Crippen molar-refractivity contribution in [3.8, 4) is 11.5 Å². The summed E-state index contributed by atoms with van der Waals surface area (Å²) in [5, 5.41) is 5.73. The molecule has 0 spiro atoms. The Labute approximate surface area is 159 Å². The number of hydrogen-bond donors (Lipinski definition) is 2. The summed E-state index contributed by atoms with van der Waals surface area (Å²) < 4.78 is 1.97. The lowest BCUT2D eigenvalue weighted by Crippen LogP contribution is -2.31. The van der Waals surface area contributed by atoms with E-state index in [1.165, 1.54) is 5.56 Å². The van der Waals surface area contributed by atoms with Crippen molar-refractivity contribution in [3.05, 3.63) is 66.6 Å². The highest BCUT2D eigenvalue weighted by atomic mass is 16.2. The Bertz CT molecular complexity index is 879. The van der Waals surface area contributed by atoms with Gasteiger partial charge in [0, 0.05) is 37.4 Å². The normalized spacial score (nSPS) is 11.2. The predicted molar refractivity (Wildman–Crippen MR) is 108 cm³/mol. The van der Waals surface area contributed by atoms with Crippen LogP contribution in [-0.4, -0.2) is 27.1 Å². The third-order valence-corrected chi connectivity index (χ3v) is 4.26. The first kappa shape index (κ1) is 18.6. The van der Waals surface area contributed by atoms with E-state index in [0.717, 1.165) is 17.2 Å². The van der Waals surface area contributed by atoms with E-state index in [-0.39, 0.29) is 11.4 Å². The second-order valence-electron chi connectivity index (χ2n) is 7.37.